The largest absolute Gasteiger partial charge is 0.423 e. The molecule has 0 N–H and O–H groups in total. The Morgan fingerprint density at radius 1 is 1.21 bits per heavy atom. The standard InChI is InChI=1S/C19H21BN3O/c1-12-9-17(22(4)11-13(12)2)20-14(3)10-16-15-7-6-8-21-18(15)24-19(16)23(20)5/h6-11H,1-5H3/q+1. The summed E-state index contributed by atoms with van der Waals surface area (Å²) < 4.78 is 8.27. The lowest BCUT2D eigenvalue weighted by Crippen LogP contribution is -2.62. The number of aryl methyl sites for hydroxylation is 3. The van der Waals surface area contributed by atoms with E-state index in [9.17, 15) is 0 Å². The van der Waals surface area contributed by atoms with Crippen molar-refractivity contribution in [2.75, 3.05) is 11.9 Å². The van der Waals surface area contributed by atoms with Crippen LogP contribution in [0.15, 0.2) is 40.5 Å². The highest BCUT2D eigenvalue weighted by molar-refractivity contribution is 6.82. The van der Waals surface area contributed by atoms with Gasteiger partial charge in [-0.1, -0.05) is 11.5 Å². The normalized spacial score (nSPS) is 14.1. The molecular weight excluding hydrogens is 297 g/mol. The molecule has 4 rings (SSSR count). The van der Waals surface area contributed by atoms with E-state index in [0.29, 0.717) is 5.71 Å². The van der Waals surface area contributed by atoms with Gasteiger partial charge in [0.1, 0.15) is 7.05 Å². The Morgan fingerprint density at radius 2 is 2.00 bits per heavy atom. The van der Waals surface area contributed by atoms with E-state index in [-0.39, 0.29) is 6.85 Å². The quantitative estimate of drug-likeness (QED) is 0.511. The molecule has 4 nitrogen and oxygen atoms in total. The number of anilines is 1. The van der Waals surface area contributed by atoms with Crippen LogP contribution in [0.5, 0.6) is 0 Å². The zero-order valence-corrected chi connectivity index (χ0v) is 14.8. The fraction of sp³-hybridized carbons (Fsp3) is 0.263. The lowest BCUT2D eigenvalue weighted by molar-refractivity contribution is -0.654. The van der Waals surface area contributed by atoms with Gasteiger partial charge in [-0.3, -0.25) is 0 Å². The first kappa shape index (κ1) is 15.0. The van der Waals surface area contributed by atoms with E-state index in [1.165, 1.54) is 22.2 Å². The van der Waals surface area contributed by atoms with Gasteiger partial charge in [-0.05, 0) is 45.5 Å². The van der Waals surface area contributed by atoms with Crippen molar-refractivity contribution in [1.82, 2.24) is 4.98 Å². The Hall–Kier alpha value is -2.56. The molecule has 1 aliphatic rings. The molecule has 24 heavy (non-hydrogen) atoms. The minimum atomic E-state index is 0.155. The monoisotopic (exact) mass is 318 g/mol. The van der Waals surface area contributed by atoms with Gasteiger partial charge in [-0.25, -0.2) is 9.55 Å². The van der Waals surface area contributed by atoms with Gasteiger partial charge in [0.25, 0.3) is 0 Å². The first-order valence-corrected chi connectivity index (χ1v) is 8.22. The summed E-state index contributed by atoms with van der Waals surface area (Å²) >= 11 is 0. The summed E-state index contributed by atoms with van der Waals surface area (Å²) in [5, 5.41) is 1.07. The van der Waals surface area contributed by atoms with E-state index >= 15 is 0 Å². The molecule has 0 unspecified atom stereocenters. The van der Waals surface area contributed by atoms with Crippen LogP contribution < -0.4 is 15.0 Å². The first-order valence-electron chi connectivity index (χ1n) is 8.22. The zero-order chi connectivity index (χ0) is 17.0. The molecule has 4 heterocycles. The molecule has 0 spiro atoms. The average molecular weight is 318 g/mol. The summed E-state index contributed by atoms with van der Waals surface area (Å²) in [5.41, 5.74) is 6.99. The van der Waals surface area contributed by atoms with E-state index < -0.39 is 0 Å². The molecule has 3 aromatic heterocycles. The molecule has 0 atom stereocenters. The maximum Gasteiger partial charge on any atom is 0.401 e. The van der Waals surface area contributed by atoms with Gasteiger partial charge in [0.05, 0.1) is 0 Å². The molecule has 0 aliphatic carbocycles. The summed E-state index contributed by atoms with van der Waals surface area (Å²) in [6.45, 7) is 6.66. The number of pyridine rings is 2. The lowest BCUT2D eigenvalue weighted by atomic mass is 9.49. The third-order valence-corrected chi connectivity index (χ3v) is 5.06. The van der Waals surface area contributed by atoms with Crippen LogP contribution in [0.25, 0.3) is 17.2 Å². The maximum absolute atomic E-state index is 6.06. The zero-order valence-electron chi connectivity index (χ0n) is 14.8. The Balaban J connectivity index is 1.90. The Morgan fingerprint density at radius 3 is 2.79 bits per heavy atom. The predicted molar refractivity (Wildman–Crippen MR) is 98.5 cm³/mol. The molecule has 120 valence electrons. The second kappa shape index (κ2) is 5.23. The van der Waals surface area contributed by atoms with Gasteiger partial charge in [0.15, 0.2) is 17.7 Å². The van der Waals surface area contributed by atoms with Gasteiger partial charge in [-0.2, -0.15) is 0 Å². The van der Waals surface area contributed by atoms with Gasteiger partial charge in [0, 0.05) is 28.8 Å². The number of nitrogens with zero attached hydrogens (tertiary/aromatic N) is 3. The minimum Gasteiger partial charge on any atom is -0.423 e. The van der Waals surface area contributed by atoms with E-state index in [1.54, 1.807) is 6.20 Å². The van der Waals surface area contributed by atoms with Crippen molar-refractivity contribution in [3.8, 4) is 0 Å². The van der Waals surface area contributed by atoms with Gasteiger partial charge in [-0.15, -0.1) is 0 Å². The SMILES string of the molecule is CC1=Cc2c(oc3ncccc23)N(C)B1c1cc(C)c(C)c[n+]1C. The van der Waals surface area contributed by atoms with E-state index in [2.05, 4.69) is 73.6 Å². The van der Waals surface area contributed by atoms with Crippen molar-refractivity contribution >= 4 is 35.5 Å². The topological polar surface area (TPSA) is 33.2 Å². The van der Waals surface area contributed by atoms with Crippen LogP contribution in [0.3, 0.4) is 0 Å². The highest BCUT2D eigenvalue weighted by Crippen LogP contribution is 2.37. The number of hydrogen-bond donors (Lipinski definition) is 0. The van der Waals surface area contributed by atoms with Crippen LogP contribution in [-0.4, -0.2) is 18.9 Å². The summed E-state index contributed by atoms with van der Waals surface area (Å²) in [7, 11) is 4.20. The number of hydrogen-bond acceptors (Lipinski definition) is 3. The molecule has 0 fully saturated rings. The van der Waals surface area contributed by atoms with Crippen molar-refractivity contribution in [1.29, 1.82) is 0 Å². The first-order chi connectivity index (χ1) is 11.5. The Kier molecular flexibility index (Phi) is 3.27. The molecule has 0 saturated carbocycles. The van der Waals surface area contributed by atoms with Crippen LogP contribution >= 0.6 is 0 Å². The predicted octanol–water partition coefficient (Wildman–Crippen LogP) is 2.56. The highest BCUT2D eigenvalue weighted by atomic mass is 16.4. The summed E-state index contributed by atoms with van der Waals surface area (Å²) in [6.07, 6.45) is 6.21. The molecule has 0 amide bonds. The van der Waals surface area contributed by atoms with Gasteiger partial charge < -0.3 is 9.23 Å². The second-order valence-corrected chi connectivity index (χ2v) is 6.75. The molecule has 3 aromatic rings. The van der Waals surface area contributed by atoms with Crippen LogP contribution in [0.2, 0.25) is 0 Å². The molecule has 0 saturated heterocycles. The molecule has 1 aliphatic heterocycles. The molecular formula is C19H21BN3O+. The number of allylic oxidation sites excluding steroid dienone is 1. The number of furan rings is 1. The third-order valence-electron chi connectivity index (χ3n) is 5.06. The van der Waals surface area contributed by atoms with E-state index in [1.807, 2.05) is 6.07 Å². The Labute approximate surface area is 142 Å². The highest BCUT2D eigenvalue weighted by Gasteiger charge is 2.39. The van der Waals surface area contributed by atoms with Crippen LogP contribution in [-0.2, 0) is 7.05 Å². The van der Waals surface area contributed by atoms with Crippen molar-refractivity contribution < 1.29 is 8.98 Å². The van der Waals surface area contributed by atoms with E-state index in [4.69, 9.17) is 4.42 Å². The second-order valence-electron chi connectivity index (χ2n) is 6.75. The average Bonchev–Trinajstić information content (AvgIpc) is 2.91. The lowest BCUT2D eigenvalue weighted by Gasteiger charge is -2.28. The fourth-order valence-electron chi connectivity index (χ4n) is 3.68. The van der Waals surface area contributed by atoms with Crippen molar-refractivity contribution in [3.63, 3.8) is 0 Å². The minimum absolute atomic E-state index is 0.155. The summed E-state index contributed by atoms with van der Waals surface area (Å²) in [6, 6.07) is 6.30. The number of aromatic nitrogens is 2. The fourth-order valence-corrected chi connectivity index (χ4v) is 3.68. The number of fused-ring (bicyclic) bond motifs is 3. The van der Waals surface area contributed by atoms with Gasteiger partial charge in [0.2, 0.25) is 5.71 Å². The van der Waals surface area contributed by atoms with Gasteiger partial charge >= 0.3 is 6.85 Å². The van der Waals surface area contributed by atoms with Crippen molar-refractivity contribution in [2.45, 2.75) is 20.8 Å². The molecule has 0 aromatic carbocycles. The molecule has 0 bridgehead atoms. The van der Waals surface area contributed by atoms with Crippen LogP contribution in [0, 0.1) is 13.8 Å². The van der Waals surface area contributed by atoms with Crippen LogP contribution in [0.1, 0.15) is 23.6 Å². The van der Waals surface area contributed by atoms with Crippen molar-refractivity contribution in [3.05, 3.63) is 52.8 Å². The molecule has 0 radical (unpaired) electrons. The smallest absolute Gasteiger partial charge is 0.401 e. The Bertz CT molecular complexity index is 990. The molecule has 5 heteroatoms. The maximum atomic E-state index is 6.06. The van der Waals surface area contributed by atoms with Crippen LogP contribution in [0.4, 0.5) is 5.88 Å². The summed E-state index contributed by atoms with van der Waals surface area (Å²) in [5.74, 6) is 0.887. The number of rotatable bonds is 1. The third kappa shape index (κ3) is 2.08. The summed E-state index contributed by atoms with van der Waals surface area (Å²) in [4.78, 5) is 6.58. The van der Waals surface area contributed by atoms with E-state index in [0.717, 1.165) is 16.8 Å². The van der Waals surface area contributed by atoms with Crippen molar-refractivity contribution in [2.24, 2.45) is 7.05 Å².